The fraction of sp³-hybridized carbons (Fsp3) is 0.875. The Kier molecular flexibility index (Phi) is 11.0. The van der Waals surface area contributed by atoms with Crippen molar-refractivity contribution in [2.24, 2.45) is 5.92 Å². The number of allylic oxidation sites excluding steroid dienone is 2. The molecule has 0 aliphatic carbocycles. The number of unbranched alkanes of at least 4 members (excludes halogenated alkanes) is 3. The van der Waals surface area contributed by atoms with Gasteiger partial charge in [-0.05, 0) is 32.1 Å². The Balaban J connectivity index is 3.29. The van der Waals surface area contributed by atoms with Crippen LogP contribution in [-0.4, -0.2) is 0 Å². The average Bonchev–Trinajstić information content (AvgIpc) is 2.26. The Labute approximate surface area is 104 Å². The zero-order valence-corrected chi connectivity index (χ0v) is 12.0. The second-order valence-corrected chi connectivity index (χ2v) is 5.31. The molecule has 96 valence electrons. The van der Waals surface area contributed by atoms with Gasteiger partial charge >= 0.3 is 0 Å². The molecule has 0 bridgehead atoms. The molecule has 1 unspecified atom stereocenters. The maximum Gasteiger partial charge on any atom is -0.0323 e. The van der Waals surface area contributed by atoms with Crippen molar-refractivity contribution in [3.05, 3.63) is 11.6 Å². The van der Waals surface area contributed by atoms with E-state index < -0.39 is 0 Å². The van der Waals surface area contributed by atoms with Crippen LogP contribution in [-0.2, 0) is 0 Å². The number of hydrogen-bond donors (Lipinski definition) is 0. The van der Waals surface area contributed by atoms with Crippen molar-refractivity contribution < 1.29 is 0 Å². The summed E-state index contributed by atoms with van der Waals surface area (Å²) in [5, 5.41) is 0. The summed E-state index contributed by atoms with van der Waals surface area (Å²) in [4.78, 5) is 0. The quantitative estimate of drug-likeness (QED) is 0.310. The van der Waals surface area contributed by atoms with Crippen LogP contribution in [0.1, 0.15) is 85.5 Å². The van der Waals surface area contributed by atoms with Crippen LogP contribution in [0.2, 0.25) is 0 Å². The molecule has 0 aromatic heterocycles. The van der Waals surface area contributed by atoms with Gasteiger partial charge in [0, 0.05) is 0 Å². The Morgan fingerprint density at radius 1 is 1.00 bits per heavy atom. The highest BCUT2D eigenvalue weighted by Crippen LogP contribution is 2.17. The van der Waals surface area contributed by atoms with Crippen molar-refractivity contribution in [2.75, 3.05) is 0 Å². The van der Waals surface area contributed by atoms with Gasteiger partial charge < -0.3 is 0 Å². The highest BCUT2D eigenvalue weighted by Gasteiger charge is 2.00. The molecule has 0 aromatic carbocycles. The monoisotopic (exact) mass is 224 g/mol. The molecule has 0 saturated heterocycles. The van der Waals surface area contributed by atoms with Gasteiger partial charge in [-0.3, -0.25) is 0 Å². The second-order valence-electron chi connectivity index (χ2n) is 5.31. The summed E-state index contributed by atoms with van der Waals surface area (Å²) in [5.74, 6) is 0.951. The van der Waals surface area contributed by atoms with Gasteiger partial charge in [0.05, 0.1) is 0 Å². The fourth-order valence-corrected chi connectivity index (χ4v) is 2.22. The third kappa shape index (κ3) is 10.3. The van der Waals surface area contributed by atoms with Crippen LogP contribution in [0.4, 0.5) is 0 Å². The van der Waals surface area contributed by atoms with Crippen LogP contribution in [0.5, 0.6) is 0 Å². The third-order valence-electron chi connectivity index (χ3n) is 3.37. The molecule has 0 saturated carbocycles. The maximum absolute atomic E-state index is 2.41. The molecule has 0 radical (unpaired) electrons. The van der Waals surface area contributed by atoms with E-state index in [0.29, 0.717) is 0 Å². The summed E-state index contributed by atoms with van der Waals surface area (Å²) in [6.45, 7) is 9.19. The minimum Gasteiger partial charge on any atom is -0.0859 e. The van der Waals surface area contributed by atoms with Gasteiger partial charge in [-0.15, -0.1) is 0 Å². The van der Waals surface area contributed by atoms with E-state index in [1.54, 1.807) is 5.57 Å². The molecule has 0 rings (SSSR count). The Morgan fingerprint density at radius 3 is 2.31 bits per heavy atom. The van der Waals surface area contributed by atoms with Crippen molar-refractivity contribution in [3.8, 4) is 0 Å². The Morgan fingerprint density at radius 2 is 1.69 bits per heavy atom. The van der Waals surface area contributed by atoms with E-state index in [9.17, 15) is 0 Å². The molecule has 0 aliphatic rings. The molecule has 0 aromatic rings. The standard InChI is InChI=1S/C16H32/c1-5-7-12-16(4)14-10-8-9-13-15(3)11-6-2/h11,16H,5-10,12-14H2,1-4H3. The van der Waals surface area contributed by atoms with Crippen LogP contribution >= 0.6 is 0 Å². The van der Waals surface area contributed by atoms with Gasteiger partial charge in [0.2, 0.25) is 0 Å². The fourth-order valence-electron chi connectivity index (χ4n) is 2.22. The van der Waals surface area contributed by atoms with Gasteiger partial charge in [-0.1, -0.05) is 70.9 Å². The zero-order chi connectivity index (χ0) is 12.2. The Hall–Kier alpha value is -0.260. The first kappa shape index (κ1) is 15.7. The summed E-state index contributed by atoms with van der Waals surface area (Å²) in [7, 11) is 0. The largest absolute Gasteiger partial charge is 0.0859 e. The van der Waals surface area contributed by atoms with Crippen molar-refractivity contribution in [1.29, 1.82) is 0 Å². The van der Waals surface area contributed by atoms with E-state index in [4.69, 9.17) is 0 Å². The molecule has 0 spiro atoms. The van der Waals surface area contributed by atoms with Gasteiger partial charge in [0.1, 0.15) is 0 Å². The third-order valence-corrected chi connectivity index (χ3v) is 3.37. The van der Waals surface area contributed by atoms with Gasteiger partial charge in [-0.2, -0.15) is 0 Å². The predicted molar refractivity (Wildman–Crippen MR) is 75.8 cm³/mol. The molecule has 0 heterocycles. The lowest BCUT2D eigenvalue weighted by Gasteiger charge is -2.10. The summed E-state index contributed by atoms with van der Waals surface area (Å²) < 4.78 is 0. The number of hydrogen-bond acceptors (Lipinski definition) is 0. The molecule has 1 atom stereocenters. The second kappa shape index (κ2) is 11.2. The lowest BCUT2D eigenvalue weighted by atomic mass is 9.97. The van der Waals surface area contributed by atoms with Crippen LogP contribution in [0.15, 0.2) is 11.6 Å². The first-order chi connectivity index (χ1) is 7.70. The minimum absolute atomic E-state index is 0.951. The summed E-state index contributed by atoms with van der Waals surface area (Å²) >= 11 is 0. The summed E-state index contributed by atoms with van der Waals surface area (Å²) in [6.07, 6.45) is 14.8. The zero-order valence-electron chi connectivity index (χ0n) is 12.0. The highest BCUT2D eigenvalue weighted by atomic mass is 14.1. The van der Waals surface area contributed by atoms with Crippen LogP contribution in [0.25, 0.3) is 0 Å². The van der Waals surface area contributed by atoms with Crippen LogP contribution in [0, 0.1) is 5.92 Å². The first-order valence-corrected chi connectivity index (χ1v) is 7.36. The molecule has 0 aliphatic heterocycles. The number of rotatable bonds is 10. The lowest BCUT2D eigenvalue weighted by molar-refractivity contribution is 0.445. The summed E-state index contributed by atoms with van der Waals surface area (Å²) in [6, 6.07) is 0. The van der Waals surface area contributed by atoms with Crippen LogP contribution in [0.3, 0.4) is 0 Å². The first-order valence-electron chi connectivity index (χ1n) is 7.36. The van der Waals surface area contributed by atoms with Gasteiger partial charge in [0.25, 0.3) is 0 Å². The van der Waals surface area contributed by atoms with E-state index in [0.717, 1.165) is 5.92 Å². The predicted octanol–water partition coefficient (Wildman–Crippen LogP) is 6.12. The maximum atomic E-state index is 2.41. The smallest absolute Gasteiger partial charge is 0.0323 e. The van der Waals surface area contributed by atoms with E-state index in [1.165, 1.54) is 57.8 Å². The molecule has 0 amide bonds. The SMILES string of the molecule is CCC=C(C)CCCCCC(C)CCCC. The van der Waals surface area contributed by atoms with Crippen molar-refractivity contribution in [1.82, 2.24) is 0 Å². The topological polar surface area (TPSA) is 0 Å². The molecule has 16 heavy (non-hydrogen) atoms. The van der Waals surface area contributed by atoms with E-state index >= 15 is 0 Å². The molecule has 0 N–H and O–H groups in total. The molecule has 0 nitrogen and oxygen atoms in total. The van der Waals surface area contributed by atoms with E-state index in [2.05, 4.69) is 33.8 Å². The summed E-state index contributed by atoms with van der Waals surface area (Å²) in [5.41, 5.74) is 1.58. The van der Waals surface area contributed by atoms with Crippen molar-refractivity contribution >= 4 is 0 Å². The normalized spacial score (nSPS) is 14.1. The Bertz CT molecular complexity index is 167. The molecule has 0 heteroatoms. The van der Waals surface area contributed by atoms with E-state index in [-0.39, 0.29) is 0 Å². The minimum atomic E-state index is 0.951. The average molecular weight is 224 g/mol. The van der Waals surface area contributed by atoms with E-state index in [1.807, 2.05) is 0 Å². The molecular formula is C16H32. The molecular weight excluding hydrogens is 192 g/mol. The van der Waals surface area contributed by atoms with Gasteiger partial charge in [-0.25, -0.2) is 0 Å². The van der Waals surface area contributed by atoms with Crippen LogP contribution < -0.4 is 0 Å². The molecule has 0 fully saturated rings. The van der Waals surface area contributed by atoms with Crippen molar-refractivity contribution in [2.45, 2.75) is 85.5 Å². The van der Waals surface area contributed by atoms with Crippen molar-refractivity contribution in [3.63, 3.8) is 0 Å². The highest BCUT2D eigenvalue weighted by molar-refractivity contribution is 4.96. The lowest BCUT2D eigenvalue weighted by Crippen LogP contribution is -1.94. The van der Waals surface area contributed by atoms with Gasteiger partial charge in [0.15, 0.2) is 0 Å².